The minimum absolute atomic E-state index is 0.182. The van der Waals surface area contributed by atoms with Gasteiger partial charge in [-0.05, 0) is 36.6 Å². The minimum Gasteiger partial charge on any atom is -0.385 e. The van der Waals surface area contributed by atoms with Gasteiger partial charge in [0.25, 0.3) is 11.5 Å². The van der Waals surface area contributed by atoms with E-state index in [1.165, 1.54) is 4.40 Å². The molecule has 1 aromatic carbocycles. The summed E-state index contributed by atoms with van der Waals surface area (Å²) in [5.74, 6) is -0.232. The van der Waals surface area contributed by atoms with Crippen LogP contribution < -0.4 is 10.9 Å². The number of fused-ring (bicyclic) bond motifs is 2. The molecule has 0 aliphatic heterocycles. The Kier molecular flexibility index (Phi) is 5.63. The Morgan fingerprint density at radius 3 is 2.73 bits per heavy atom. The molecule has 0 aliphatic carbocycles. The number of pyridine rings is 1. The summed E-state index contributed by atoms with van der Waals surface area (Å²) < 4.78 is 8.39. The van der Waals surface area contributed by atoms with E-state index in [2.05, 4.69) is 5.32 Å². The molecule has 0 radical (unpaired) electrons. The van der Waals surface area contributed by atoms with Gasteiger partial charge in [0.05, 0.1) is 5.39 Å². The molecule has 0 unspecified atom stereocenters. The largest absolute Gasteiger partial charge is 0.385 e. The Bertz CT molecular complexity index is 1260. The maximum atomic E-state index is 13.1. The number of hydrogen-bond donors (Lipinski definition) is 1. The molecule has 3 aromatic heterocycles. The van der Waals surface area contributed by atoms with Crippen LogP contribution in [0.3, 0.4) is 0 Å². The molecule has 0 saturated carbocycles. The number of nitrogens with zero attached hydrogens (tertiary/aromatic N) is 3. The maximum Gasteiger partial charge on any atom is 0.268 e. The van der Waals surface area contributed by atoms with Gasteiger partial charge in [0.15, 0.2) is 0 Å². The van der Waals surface area contributed by atoms with Gasteiger partial charge in [0.1, 0.15) is 17.0 Å². The van der Waals surface area contributed by atoms with Crippen molar-refractivity contribution in [3.63, 3.8) is 0 Å². The van der Waals surface area contributed by atoms with Crippen LogP contribution in [0.1, 0.15) is 28.0 Å². The van der Waals surface area contributed by atoms with Gasteiger partial charge in [-0.3, -0.25) is 14.0 Å². The summed E-state index contributed by atoms with van der Waals surface area (Å²) >= 11 is 0. The molecule has 0 saturated heterocycles. The lowest BCUT2D eigenvalue weighted by molar-refractivity contribution is 0.0940. The van der Waals surface area contributed by atoms with Crippen LogP contribution in [0.15, 0.2) is 59.5 Å². The highest BCUT2D eigenvalue weighted by atomic mass is 16.5. The lowest BCUT2D eigenvalue weighted by Gasteiger charge is -2.11. The first-order valence-electron chi connectivity index (χ1n) is 9.92. The second-order valence-electron chi connectivity index (χ2n) is 7.29. The van der Waals surface area contributed by atoms with Crippen molar-refractivity contribution in [3.05, 3.63) is 81.9 Å². The van der Waals surface area contributed by atoms with E-state index in [1.54, 1.807) is 19.4 Å². The van der Waals surface area contributed by atoms with Crippen LogP contribution in [0.4, 0.5) is 0 Å². The lowest BCUT2D eigenvalue weighted by Crippen LogP contribution is -2.27. The average Bonchev–Trinajstić information content (AvgIpc) is 3.11. The molecule has 0 fully saturated rings. The highest BCUT2D eigenvalue weighted by Crippen LogP contribution is 2.19. The predicted molar refractivity (Wildman–Crippen MR) is 116 cm³/mol. The molecule has 0 aliphatic rings. The van der Waals surface area contributed by atoms with E-state index in [4.69, 9.17) is 9.72 Å². The molecule has 4 aromatic rings. The van der Waals surface area contributed by atoms with E-state index in [1.807, 2.05) is 54.0 Å². The number of hydrogen-bond acceptors (Lipinski definition) is 4. The molecule has 7 nitrogen and oxygen atoms in total. The summed E-state index contributed by atoms with van der Waals surface area (Å²) in [6, 6.07) is 15.2. The fourth-order valence-electron chi connectivity index (χ4n) is 3.53. The van der Waals surface area contributed by atoms with E-state index in [9.17, 15) is 9.59 Å². The second kappa shape index (κ2) is 8.51. The number of carbonyl (C=O) groups excluding carboxylic acids is 1. The molecule has 1 amide bonds. The topological polar surface area (TPSA) is 77.6 Å². The fourth-order valence-corrected chi connectivity index (χ4v) is 3.53. The number of nitrogens with one attached hydrogen (secondary N) is 1. The number of methoxy groups -OCH3 is 1. The molecule has 7 heteroatoms. The van der Waals surface area contributed by atoms with Gasteiger partial charge in [-0.2, -0.15) is 0 Å². The molecular formula is C23H24N4O3. The first-order chi connectivity index (χ1) is 14.6. The van der Waals surface area contributed by atoms with Gasteiger partial charge >= 0.3 is 0 Å². The minimum atomic E-state index is -0.232. The summed E-state index contributed by atoms with van der Waals surface area (Å²) in [5.41, 5.74) is 3.29. The lowest BCUT2D eigenvalue weighted by atomic mass is 10.2. The molecule has 0 spiro atoms. The summed E-state index contributed by atoms with van der Waals surface area (Å²) in [6.45, 7) is 3.43. The Hall–Kier alpha value is -3.45. The summed E-state index contributed by atoms with van der Waals surface area (Å²) in [4.78, 5) is 30.8. The number of amides is 1. The highest BCUT2D eigenvalue weighted by molar-refractivity contribution is 5.98. The summed E-state index contributed by atoms with van der Waals surface area (Å²) in [7, 11) is 1.63. The van der Waals surface area contributed by atoms with Crippen molar-refractivity contribution in [2.75, 3.05) is 20.3 Å². The van der Waals surface area contributed by atoms with Crippen molar-refractivity contribution in [1.29, 1.82) is 0 Å². The smallest absolute Gasteiger partial charge is 0.268 e. The van der Waals surface area contributed by atoms with Crippen LogP contribution >= 0.6 is 0 Å². The van der Waals surface area contributed by atoms with Crippen LogP contribution in [-0.2, 0) is 11.3 Å². The summed E-state index contributed by atoms with van der Waals surface area (Å²) in [5, 5.41) is 3.34. The highest BCUT2D eigenvalue weighted by Gasteiger charge is 2.20. The van der Waals surface area contributed by atoms with Gasteiger partial charge in [-0.25, -0.2) is 4.98 Å². The normalized spacial score (nSPS) is 11.3. The van der Waals surface area contributed by atoms with Gasteiger partial charge in [-0.15, -0.1) is 0 Å². The molecule has 0 bridgehead atoms. The first-order valence-corrected chi connectivity index (χ1v) is 9.92. The number of carbonyl (C=O) groups is 1. The van der Waals surface area contributed by atoms with Gasteiger partial charge < -0.3 is 14.6 Å². The molecule has 3 heterocycles. The molecule has 0 atom stereocenters. The number of benzene rings is 1. The second-order valence-corrected chi connectivity index (χ2v) is 7.29. The van der Waals surface area contributed by atoms with Crippen LogP contribution in [0.5, 0.6) is 0 Å². The fraction of sp³-hybridized carbons (Fsp3) is 0.261. The van der Waals surface area contributed by atoms with Gasteiger partial charge in [0.2, 0.25) is 0 Å². The van der Waals surface area contributed by atoms with E-state index in [-0.39, 0.29) is 11.5 Å². The monoisotopic (exact) mass is 404 g/mol. The van der Waals surface area contributed by atoms with Crippen molar-refractivity contribution >= 4 is 22.6 Å². The third-order valence-corrected chi connectivity index (χ3v) is 5.04. The molecule has 4 rings (SSSR count). The Morgan fingerprint density at radius 1 is 1.17 bits per heavy atom. The zero-order valence-corrected chi connectivity index (χ0v) is 17.1. The number of aromatic nitrogens is 3. The van der Waals surface area contributed by atoms with E-state index in [0.717, 1.165) is 11.1 Å². The van der Waals surface area contributed by atoms with Crippen molar-refractivity contribution in [1.82, 2.24) is 19.3 Å². The van der Waals surface area contributed by atoms with E-state index < -0.39 is 0 Å². The Morgan fingerprint density at radius 2 is 1.97 bits per heavy atom. The first kappa shape index (κ1) is 19.8. The summed E-state index contributed by atoms with van der Waals surface area (Å²) in [6.07, 6.45) is 2.48. The number of ether oxygens (including phenoxy) is 1. The SMILES string of the molecule is COCCCNC(=O)c1cc2c(=O)n3cc(C)ccc3nc2n1Cc1ccccc1. The molecule has 154 valence electrons. The van der Waals surface area contributed by atoms with E-state index in [0.29, 0.717) is 48.5 Å². The van der Waals surface area contributed by atoms with Crippen molar-refractivity contribution in [2.24, 2.45) is 0 Å². The van der Waals surface area contributed by atoms with Crippen LogP contribution in [0, 0.1) is 6.92 Å². The number of rotatable bonds is 7. The maximum absolute atomic E-state index is 13.1. The van der Waals surface area contributed by atoms with Crippen molar-refractivity contribution < 1.29 is 9.53 Å². The van der Waals surface area contributed by atoms with E-state index >= 15 is 0 Å². The number of aryl methyl sites for hydroxylation is 1. The van der Waals surface area contributed by atoms with Crippen LogP contribution in [0.25, 0.3) is 16.7 Å². The van der Waals surface area contributed by atoms with Crippen molar-refractivity contribution in [3.8, 4) is 0 Å². The molecular weight excluding hydrogens is 380 g/mol. The van der Waals surface area contributed by atoms with Crippen LogP contribution in [-0.4, -0.2) is 40.1 Å². The molecule has 1 N–H and O–H groups in total. The standard InChI is InChI=1S/C23H24N4O3/c1-16-9-10-20-25-21-18(23(29)27(20)14-16)13-19(22(28)24-11-6-12-30-2)26(21)15-17-7-4-3-5-8-17/h3-5,7-10,13-14H,6,11-12,15H2,1-2H3,(H,24,28). The van der Waals surface area contributed by atoms with Gasteiger partial charge in [0, 0.05) is 33.0 Å². The third-order valence-electron chi connectivity index (χ3n) is 5.04. The predicted octanol–water partition coefficient (Wildman–Crippen LogP) is 2.77. The Labute approximate surface area is 173 Å². The van der Waals surface area contributed by atoms with Crippen LogP contribution in [0.2, 0.25) is 0 Å². The zero-order valence-electron chi connectivity index (χ0n) is 17.1. The molecule has 30 heavy (non-hydrogen) atoms. The third kappa shape index (κ3) is 3.84. The quantitative estimate of drug-likeness (QED) is 0.481. The van der Waals surface area contributed by atoms with Gasteiger partial charge in [-0.1, -0.05) is 36.4 Å². The zero-order chi connectivity index (χ0) is 21.1. The Balaban J connectivity index is 1.84. The average molecular weight is 404 g/mol. The van der Waals surface area contributed by atoms with Crippen molar-refractivity contribution in [2.45, 2.75) is 19.9 Å².